The normalized spacial score (nSPS) is 26.3. The van der Waals surface area contributed by atoms with Gasteiger partial charge in [0, 0.05) is 46.4 Å². The lowest BCUT2D eigenvalue weighted by Gasteiger charge is -2.38. The lowest BCUT2D eigenvalue weighted by Crippen LogP contribution is -2.49. The maximum absolute atomic E-state index is 5.27. The molecule has 0 spiro atoms. The van der Waals surface area contributed by atoms with Crippen LogP contribution in [0.15, 0.2) is 4.52 Å². The van der Waals surface area contributed by atoms with Crippen LogP contribution in [0, 0.1) is 5.41 Å². The van der Waals surface area contributed by atoms with E-state index in [4.69, 9.17) is 9.26 Å². The highest BCUT2D eigenvalue weighted by molar-refractivity contribution is 5.85. The lowest BCUT2D eigenvalue weighted by molar-refractivity contribution is 0.0869. The Morgan fingerprint density at radius 1 is 1.26 bits per heavy atom. The summed E-state index contributed by atoms with van der Waals surface area (Å²) in [5, 5.41) is 7.39. The number of piperazine rings is 1. The Balaban J connectivity index is 0.00000192. The molecular formula is C15H28ClN5O2. The summed E-state index contributed by atoms with van der Waals surface area (Å²) < 4.78 is 10.3. The first-order valence-electron chi connectivity index (χ1n) is 8.13. The van der Waals surface area contributed by atoms with Crippen LogP contribution in [-0.4, -0.2) is 72.9 Å². The third-order valence-corrected chi connectivity index (χ3v) is 4.67. The van der Waals surface area contributed by atoms with Gasteiger partial charge in [0.1, 0.15) is 6.61 Å². The van der Waals surface area contributed by atoms with Crippen molar-refractivity contribution in [3.63, 3.8) is 0 Å². The van der Waals surface area contributed by atoms with E-state index in [1.54, 1.807) is 7.11 Å². The summed E-state index contributed by atoms with van der Waals surface area (Å²) in [5.41, 5.74) is 0.448. The minimum atomic E-state index is 0. The van der Waals surface area contributed by atoms with Gasteiger partial charge in [0.15, 0.2) is 5.82 Å². The van der Waals surface area contributed by atoms with E-state index in [9.17, 15) is 0 Å². The molecular weight excluding hydrogens is 318 g/mol. The molecule has 0 amide bonds. The number of nitrogens with zero attached hydrogens (tertiary/aromatic N) is 4. The number of ether oxygens (including phenoxy) is 1. The molecule has 0 saturated carbocycles. The van der Waals surface area contributed by atoms with E-state index in [0.717, 1.165) is 45.8 Å². The molecule has 7 nitrogen and oxygen atoms in total. The smallest absolute Gasteiger partial charge is 0.240 e. The van der Waals surface area contributed by atoms with Gasteiger partial charge in [-0.05, 0) is 18.4 Å². The monoisotopic (exact) mass is 345 g/mol. The van der Waals surface area contributed by atoms with Crippen molar-refractivity contribution in [2.75, 3.05) is 52.9 Å². The molecule has 1 N–H and O–H groups in total. The molecule has 3 rings (SSSR count). The van der Waals surface area contributed by atoms with Gasteiger partial charge in [0.25, 0.3) is 0 Å². The average molecular weight is 346 g/mol. The van der Waals surface area contributed by atoms with Crippen molar-refractivity contribution in [2.45, 2.75) is 26.5 Å². The van der Waals surface area contributed by atoms with Crippen LogP contribution in [0.1, 0.15) is 25.1 Å². The number of methoxy groups -OCH3 is 1. The zero-order valence-electron chi connectivity index (χ0n) is 14.1. The minimum Gasteiger partial charge on any atom is -0.377 e. The SMILES string of the molecule is COCc1noc(CN2CCN(CC3(C)CCNC3)CC2)n1.Cl. The van der Waals surface area contributed by atoms with E-state index in [2.05, 4.69) is 32.2 Å². The highest BCUT2D eigenvalue weighted by Gasteiger charge is 2.31. The van der Waals surface area contributed by atoms with Crippen molar-refractivity contribution in [2.24, 2.45) is 5.41 Å². The van der Waals surface area contributed by atoms with E-state index in [1.165, 1.54) is 13.0 Å². The van der Waals surface area contributed by atoms with Gasteiger partial charge in [-0.25, -0.2) is 0 Å². The maximum Gasteiger partial charge on any atom is 0.240 e. The van der Waals surface area contributed by atoms with Gasteiger partial charge in [-0.2, -0.15) is 4.98 Å². The molecule has 0 bridgehead atoms. The fraction of sp³-hybridized carbons (Fsp3) is 0.867. The zero-order valence-corrected chi connectivity index (χ0v) is 14.9. The molecule has 0 aliphatic carbocycles. The first-order valence-corrected chi connectivity index (χ1v) is 8.13. The number of halogens is 1. The highest BCUT2D eigenvalue weighted by atomic mass is 35.5. The zero-order chi connectivity index (χ0) is 15.4. The second-order valence-electron chi connectivity index (χ2n) is 6.83. The first kappa shape index (κ1) is 18.6. The van der Waals surface area contributed by atoms with E-state index in [-0.39, 0.29) is 12.4 Å². The van der Waals surface area contributed by atoms with E-state index in [1.807, 2.05) is 0 Å². The van der Waals surface area contributed by atoms with Crippen LogP contribution in [0.3, 0.4) is 0 Å². The Labute approximate surface area is 144 Å². The molecule has 2 fully saturated rings. The van der Waals surface area contributed by atoms with Crippen molar-refractivity contribution >= 4 is 12.4 Å². The second-order valence-corrected chi connectivity index (χ2v) is 6.83. The molecule has 132 valence electrons. The molecule has 2 aliphatic rings. The summed E-state index contributed by atoms with van der Waals surface area (Å²) in [6, 6.07) is 0. The molecule has 3 heterocycles. The highest BCUT2D eigenvalue weighted by Crippen LogP contribution is 2.26. The van der Waals surface area contributed by atoms with Crippen LogP contribution in [0.5, 0.6) is 0 Å². The lowest BCUT2D eigenvalue weighted by atomic mass is 9.89. The first-order chi connectivity index (χ1) is 10.7. The summed E-state index contributed by atoms with van der Waals surface area (Å²) in [6.07, 6.45) is 1.29. The topological polar surface area (TPSA) is 66.7 Å². The summed E-state index contributed by atoms with van der Waals surface area (Å²) in [4.78, 5) is 9.32. The number of rotatable bonds is 6. The molecule has 8 heteroatoms. The number of aromatic nitrogens is 2. The molecule has 1 aromatic heterocycles. The van der Waals surface area contributed by atoms with Crippen LogP contribution in [-0.2, 0) is 17.9 Å². The van der Waals surface area contributed by atoms with Crippen molar-refractivity contribution in [1.82, 2.24) is 25.3 Å². The quantitative estimate of drug-likeness (QED) is 0.816. The Bertz CT molecular complexity index is 470. The number of hydrogen-bond donors (Lipinski definition) is 1. The number of nitrogens with one attached hydrogen (secondary N) is 1. The summed E-state index contributed by atoms with van der Waals surface area (Å²) in [5.74, 6) is 1.31. The summed E-state index contributed by atoms with van der Waals surface area (Å²) >= 11 is 0. The van der Waals surface area contributed by atoms with Gasteiger partial charge in [-0.3, -0.25) is 4.90 Å². The Kier molecular flexibility index (Phi) is 6.79. The van der Waals surface area contributed by atoms with Crippen molar-refractivity contribution < 1.29 is 9.26 Å². The van der Waals surface area contributed by atoms with Gasteiger partial charge in [-0.1, -0.05) is 12.1 Å². The largest absolute Gasteiger partial charge is 0.377 e. The molecule has 0 radical (unpaired) electrons. The van der Waals surface area contributed by atoms with Crippen LogP contribution in [0.4, 0.5) is 0 Å². The van der Waals surface area contributed by atoms with E-state index in [0.29, 0.717) is 23.7 Å². The Morgan fingerprint density at radius 2 is 2.00 bits per heavy atom. The molecule has 1 atom stereocenters. The Morgan fingerprint density at radius 3 is 2.65 bits per heavy atom. The predicted molar refractivity (Wildman–Crippen MR) is 89.6 cm³/mol. The van der Waals surface area contributed by atoms with Crippen LogP contribution in [0.25, 0.3) is 0 Å². The van der Waals surface area contributed by atoms with Crippen molar-refractivity contribution in [3.05, 3.63) is 11.7 Å². The van der Waals surface area contributed by atoms with Crippen LogP contribution < -0.4 is 5.32 Å². The van der Waals surface area contributed by atoms with Crippen LogP contribution in [0.2, 0.25) is 0 Å². The molecule has 0 aromatic carbocycles. The molecule has 2 aliphatic heterocycles. The van der Waals surface area contributed by atoms with Crippen molar-refractivity contribution in [1.29, 1.82) is 0 Å². The van der Waals surface area contributed by atoms with Crippen LogP contribution >= 0.6 is 12.4 Å². The third-order valence-electron chi connectivity index (χ3n) is 4.67. The average Bonchev–Trinajstić information content (AvgIpc) is 3.11. The van der Waals surface area contributed by atoms with Crippen molar-refractivity contribution in [3.8, 4) is 0 Å². The number of hydrogen-bond acceptors (Lipinski definition) is 7. The molecule has 23 heavy (non-hydrogen) atoms. The van der Waals surface area contributed by atoms with Gasteiger partial charge >= 0.3 is 0 Å². The summed E-state index contributed by atoms with van der Waals surface area (Å²) in [7, 11) is 1.63. The van der Waals surface area contributed by atoms with Gasteiger partial charge < -0.3 is 19.5 Å². The molecule has 2 saturated heterocycles. The maximum atomic E-state index is 5.27. The Hall–Kier alpha value is -0.730. The molecule has 1 aromatic rings. The van der Waals surface area contributed by atoms with Gasteiger partial charge in [0.2, 0.25) is 5.89 Å². The fourth-order valence-electron chi connectivity index (χ4n) is 3.38. The summed E-state index contributed by atoms with van der Waals surface area (Å²) in [6.45, 7) is 11.4. The standard InChI is InChI=1S/C15H27N5O2.ClH/c1-15(3-4-16-11-15)12-20-7-5-19(6-8-20)9-14-17-13(10-21-2)18-22-14;/h16H,3-12H2,1-2H3;1H. The second kappa shape index (κ2) is 8.39. The molecule has 1 unspecified atom stereocenters. The van der Waals surface area contributed by atoms with Gasteiger partial charge in [0.05, 0.1) is 6.54 Å². The minimum absolute atomic E-state index is 0. The van der Waals surface area contributed by atoms with Gasteiger partial charge in [-0.15, -0.1) is 12.4 Å². The van der Waals surface area contributed by atoms with E-state index < -0.39 is 0 Å². The third kappa shape index (κ3) is 5.12. The fourth-order valence-corrected chi connectivity index (χ4v) is 3.38. The predicted octanol–water partition coefficient (Wildman–Crippen LogP) is 0.755. The van der Waals surface area contributed by atoms with E-state index >= 15 is 0 Å².